The Balaban J connectivity index is 2.35. The minimum atomic E-state index is -0.528. The summed E-state index contributed by atoms with van der Waals surface area (Å²) in [5, 5.41) is 5.36. The van der Waals surface area contributed by atoms with Crippen molar-refractivity contribution in [2.75, 3.05) is 24.5 Å². The van der Waals surface area contributed by atoms with E-state index in [1.807, 2.05) is 37.3 Å². The van der Waals surface area contributed by atoms with Gasteiger partial charge in [0.25, 0.3) is 0 Å². The van der Waals surface area contributed by atoms with Gasteiger partial charge in [-0.25, -0.2) is 9.59 Å². The molecule has 0 spiro atoms. The van der Waals surface area contributed by atoms with Crippen molar-refractivity contribution < 1.29 is 14.3 Å². The van der Waals surface area contributed by atoms with E-state index in [9.17, 15) is 9.59 Å². The van der Waals surface area contributed by atoms with E-state index in [0.717, 1.165) is 5.69 Å². The van der Waals surface area contributed by atoms with Crippen molar-refractivity contribution in [1.29, 1.82) is 0 Å². The molecule has 0 aliphatic rings. The summed E-state index contributed by atoms with van der Waals surface area (Å²) < 4.78 is 5.11. The van der Waals surface area contributed by atoms with E-state index in [0.29, 0.717) is 19.6 Å². The third-order valence-corrected chi connectivity index (χ3v) is 2.70. The van der Waals surface area contributed by atoms with Crippen LogP contribution in [-0.4, -0.2) is 37.4 Å². The van der Waals surface area contributed by atoms with Crippen molar-refractivity contribution >= 4 is 17.8 Å². The van der Waals surface area contributed by atoms with E-state index in [1.165, 1.54) is 0 Å². The van der Waals surface area contributed by atoms with E-state index in [4.69, 9.17) is 4.74 Å². The molecule has 0 unspecified atom stereocenters. The number of benzene rings is 1. The number of nitrogens with zero attached hydrogens (tertiary/aromatic N) is 1. The predicted octanol–water partition coefficient (Wildman–Crippen LogP) is 2.75. The lowest BCUT2D eigenvalue weighted by atomic mass is 10.2. The Kier molecular flexibility index (Phi) is 6.69. The number of urea groups is 1. The Bertz CT molecular complexity index is 483. The molecule has 1 aromatic rings. The molecular formula is C16H25N3O3. The largest absolute Gasteiger partial charge is 0.444 e. The topological polar surface area (TPSA) is 70.7 Å². The summed E-state index contributed by atoms with van der Waals surface area (Å²) in [4.78, 5) is 25.2. The zero-order valence-electron chi connectivity index (χ0n) is 13.7. The van der Waals surface area contributed by atoms with Gasteiger partial charge in [-0.1, -0.05) is 18.2 Å². The van der Waals surface area contributed by atoms with Gasteiger partial charge in [-0.15, -0.1) is 0 Å². The maximum absolute atomic E-state index is 12.1. The summed E-state index contributed by atoms with van der Waals surface area (Å²) >= 11 is 0. The average Bonchev–Trinajstić information content (AvgIpc) is 2.44. The van der Waals surface area contributed by atoms with Crippen LogP contribution in [0, 0.1) is 0 Å². The van der Waals surface area contributed by atoms with Crippen molar-refractivity contribution in [3.63, 3.8) is 0 Å². The smallest absolute Gasteiger partial charge is 0.407 e. The first kappa shape index (κ1) is 17.8. The number of ether oxygens (including phenoxy) is 1. The molecule has 6 nitrogen and oxygen atoms in total. The summed E-state index contributed by atoms with van der Waals surface area (Å²) in [5.41, 5.74) is 0.308. The fraction of sp³-hybridized carbons (Fsp3) is 0.500. The van der Waals surface area contributed by atoms with Gasteiger partial charge in [-0.05, 0) is 39.8 Å². The first-order chi connectivity index (χ1) is 10.3. The Morgan fingerprint density at radius 3 is 2.23 bits per heavy atom. The van der Waals surface area contributed by atoms with Gasteiger partial charge in [-0.3, -0.25) is 4.90 Å². The van der Waals surface area contributed by atoms with Crippen LogP contribution in [0.25, 0.3) is 0 Å². The predicted molar refractivity (Wildman–Crippen MR) is 87.1 cm³/mol. The van der Waals surface area contributed by atoms with Crippen molar-refractivity contribution in [2.45, 2.75) is 33.3 Å². The molecule has 0 saturated carbocycles. The summed E-state index contributed by atoms with van der Waals surface area (Å²) in [7, 11) is 0. The molecule has 0 heterocycles. The van der Waals surface area contributed by atoms with Gasteiger partial charge in [0.15, 0.2) is 0 Å². The highest BCUT2D eigenvalue weighted by molar-refractivity contribution is 5.91. The van der Waals surface area contributed by atoms with Crippen molar-refractivity contribution in [2.24, 2.45) is 0 Å². The molecule has 0 atom stereocenters. The fourth-order valence-electron chi connectivity index (χ4n) is 1.79. The first-order valence-electron chi connectivity index (χ1n) is 7.40. The Morgan fingerprint density at radius 2 is 1.68 bits per heavy atom. The highest BCUT2D eigenvalue weighted by Crippen LogP contribution is 2.12. The number of alkyl carbamates (subject to hydrolysis) is 1. The van der Waals surface area contributed by atoms with Crippen molar-refractivity contribution in [1.82, 2.24) is 10.6 Å². The number of carbonyl (C=O) groups is 2. The number of hydrogen-bond acceptors (Lipinski definition) is 3. The molecule has 0 bridgehead atoms. The molecule has 0 aromatic heterocycles. The molecule has 6 heteroatoms. The van der Waals surface area contributed by atoms with E-state index in [2.05, 4.69) is 10.6 Å². The number of carbonyl (C=O) groups excluding carboxylic acids is 2. The van der Waals surface area contributed by atoms with Gasteiger partial charge < -0.3 is 15.4 Å². The van der Waals surface area contributed by atoms with Crippen LogP contribution in [0.5, 0.6) is 0 Å². The Morgan fingerprint density at radius 1 is 1.09 bits per heavy atom. The SMILES string of the molecule is CCN(C(=O)NCCNC(=O)OC(C)(C)C)c1ccccc1. The minimum absolute atomic E-state index is 0.195. The van der Waals surface area contributed by atoms with Crippen molar-refractivity contribution in [3.8, 4) is 0 Å². The Hall–Kier alpha value is -2.24. The normalized spacial score (nSPS) is 10.7. The van der Waals surface area contributed by atoms with E-state index < -0.39 is 11.7 Å². The quantitative estimate of drug-likeness (QED) is 0.822. The Labute approximate surface area is 131 Å². The van der Waals surface area contributed by atoms with Crippen LogP contribution in [0.2, 0.25) is 0 Å². The molecule has 22 heavy (non-hydrogen) atoms. The van der Waals surface area contributed by atoms with Crippen molar-refractivity contribution in [3.05, 3.63) is 30.3 Å². The van der Waals surface area contributed by atoms with Gasteiger partial charge >= 0.3 is 12.1 Å². The highest BCUT2D eigenvalue weighted by Gasteiger charge is 2.16. The molecule has 0 radical (unpaired) electrons. The zero-order chi connectivity index (χ0) is 16.6. The van der Waals surface area contributed by atoms with Crippen LogP contribution in [0.4, 0.5) is 15.3 Å². The van der Waals surface area contributed by atoms with Gasteiger partial charge in [0, 0.05) is 25.3 Å². The lowest BCUT2D eigenvalue weighted by molar-refractivity contribution is 0.0528. The number of nitrogens with one attached hydrogen (secondary N) is 2. The van der Waals surface area contributed by atoms with E-state index >= 15 is 0 Å². The maximum Gasteiger partial charge on any atom is 0.407 e. The molecule has 0 aliphatic carbocycles. The van der Waals surface area contributed by atoms with E-state index in [1.54, 1.807) is 25.7 Å². The number of amides is 3. The highest BCUT2D eigenvalue weighted by atomic mass is 16.6. The molecule has 0 saturated heterocycles. The van der Waals surface area contributed by atoms with Gasteiger partial charge in [0.2, 0.25) is 0 Å². The third-order valence-electron chi connectivity index (χ3n) is 2.70. The third kappa shape index (κ3) is 6.47. The molecular weight excluding hydrogens is 282 g/mol. The fourth-order valence-corrected chi connectivity index (χ4v) is 1.79. The van der Waals surface area contributed by atoms with Gasteiger partial charge in [-0.2, -0.15) is 0 Å². The molecule has 1 rings (SSSR count). The average molecular weight is 307 g/mol. The number of anilines is 1. The van der Waals surface area contributed by atoms with Crippen LogP contribution < -0.4 is 15.5 Å². The second kappa shape index (κ2) is 8.26. The summed E-state index contributed by atoms with van der Waals surface area (Å²) in [6.45, 7) is 8.52. The maximum atomic E-state index is 12.1. The second-order valence-electron chi connectivity index (χ2n) is 5.74. The summed E-state index contributed by atoms with van der Waals surface area (Å²) in [6, 6.07) is 9.23. The van der Waals surface area contributed by atoms with Crippen LogP contribution in [-0.2, 0) is 4.74 Å². The van der Waals surface area contributed by atoms with Crippen LogP contribution in [0.15, 0.2) is 30.3 Å². The van der Waals surface area contributed by atoms with E-state index in [-0.39, 0.29) is 6.03 Å². The molecule has 1 aromatic carbocycles. The second-order valence-corrected chi connectivity index (χ2v) is 5.74. The lowest BCUT2D eigenvalue weighted by Gasteiger charge is -2.22. The monoisotopic (exact) mass is 307 g/mol. The number of para-hydroxylation sites is 1. The first-order valence-corrected chi connectivity index (χ1v) is 7.40. The standard InChI is InChI=1S/C16H25N3O3/c1-5-19(13-9-7-6-8-10-13)14(20)17-11-12-18-15(21)22-16(2,3)4/h6-10H,5,11-12H2,1-4H3,(H,17,20)(H,18,21). The zero-order valence-corrected chi connectivity index (χ0v) is 13.7. The molecule has 3 amide bonds. The number of rotatable bonds is 5. The molecule has 0 aliphatic heterocycles. The lowest BCUT2D eigenvalue weighted by Crippen LogP contribution is -2.43. The van der Waals surface area contributed by atoms with Gasteiger partial charge in [0.1, 0.15) is 5.60 Å². The van der Waals surface area contributed by atoms with Gasteiger partial charge in [0.05, 0.1) is 0 Å². The molecule has 2 N–H and O–H groups in total. The van der Waals surface area contributed by atoms with Crippen LogP contribution in [0.1, 0.15) is 27.7 Å². The summed E-state index contributed by atoms with van der Waals surface area (Å²) in [6.07, 6.45) is -0.489. The van der Waals surface area contributed by atoms with Crippen LogP contribution >= 0.6 is 0 Å². The van der Waals surface area contributed by atoms with Crippen LogP contribution in [0.3, 0.4) is 0 Å². The summed E-state index contributed by atoms with van der Waals surface area (Å²) in [5.74, 6) is 0. The minimum Gasteiger partial charge on any atom is -0.444 e. The number of hydrogen-bond donors (Lipinski definition) is 2. The molecule has 0 fully saturated rings. The molecule has 122 valence electrons.